The first-order valence-corrected chi connectivity index (χ1v) is 24.9. The van der Waals surface area contributed by atoms with Gasteiger partial charge in [0, 0.05) is 34.0 Å². The molecule has 1 unspecified atom stereocenters. The summed E-state index contributed by atoms with van der Waals surface area (Å²) in [5.41, 5.74) is 21.1. The smallest absolute Gasteiger partial charge is 0.0715 e. The summed E-state index contributed by atoms with van der Waals surface area (Å²) in [6.07, 6.45) is 17.7. The normalized spacial score (nSPS) is 16.9. The van der Waals surface area contributed by atoms with E-state index >= 15 is 0 Å². The predicted octanol–water partition coefficient (Wildman–Crippen LogP) is 17.2. The van der Waals surface area contributed by atoms with E-state index in [1.807, 2.05) is 0 Å². The molecule has 0 radical (unpaired) electrons. The molecule has 0 saturated carbocycles. The Labute approximate surface area is 412 Å². The molecular formula is C68H52N2. The van der Waals surface area contributed by atoms with Gasteiger partial charge in [0.15, 0.2) is 0 Å². The van der Waals surface area contributed by atoms with Crippen molar-refractivity contribution >= 4 is 22.7 Å². The van der Waals surface area contributed by atoms with Gasteiger partial charge in [-0.25, -0.2) is 0 Å². The van der Waals surface area contributed by atoms with Crippen LogP contribution in [0.2, 0.25) is 0 Å². The third-order valence-corrected chi connectivity index (χ3v) is 15.3. The van der Waals surface area contributed by atoms with Gasteiger partial charge in [0.05, 0.1) is 16.5 Å². The zero-order valence-electron chi connectivity index (χ0n) is 39.1. The minimum Gasteiger partial charge on any atom is -0.317 e. The largest absolute Gasteiger partial charge is 0.317 e. The van der Waals surface area contributed by atoms with E-state index in [1.165, 1.54) is 83.8 Å². The molecule has 0 bridgehead atoms. The maximum absolute atomic E-state index is 2.63. The summed E-state index contributed by atoms with van der Waals surface area (Å²) in [6, 6.07) is 86.5. The topological polar surface area (TPSA) is 6.48 Å². The predicted molar refractivity (Wildman–Crippen MR) is 291 cm³/mol. The van der Waals surface area contributed by atoms with E-state index in [2.05, 4.69) is 277 Å². The molecule has 0 saturated heterocycles. The van der Waals surface area contributed by atoms with Gasteiger partial charge in [-0.15, -0.1) is 0 Å². The zero-order chi connectivity index (χ0) is 46.5. The van der Waals surface area contributed by atoms with Crippen molar-refractivity contribution in [1.82, 2.24) is 0 Å². The van der Waals surface area contributed by atoms with Crippen LogP contribution in [0, 0.1) is 0 Å². The van der Waals surface area contributed by atoms with E-state index in [1.54, 1.807) is 0 Å². The molecule has 0 N–H and O–H groups in total. The first-order valence-electron chi connectivity index (χ1n) is 24.9. The van der Waals surface area contributed by atoms with Crippen LogP contribution < -0.4 is 9.80 Å². The summed E-state index contributed by atoms with van der Waals surface area (Å²) in [5.74, 6) is 0. The molecule has 0 spiro atoms. The molecule has 0 fully saturated rings. The lowest BCUT2D eigenvalue weighted by Gasteiger charge is -2.39. The van der Waals surface area contributed by atoms with Gasteiger partial charge in [0.2, 0.25) is 0 Å². The molecule has 4 aliphatic carbocycles. The molecule has 9 aromatic carbocycles. The highest BCUT2D eigenvalue weighted by atomic mass is 15.2. The van der Waals surface area contributed by atoms with Crippen molar-refractivity contribution in [3.05, 3.63) is 323 Å². The Kier molecular flexibility index (Phi) is 10.3. The molecule has 0 amide bonds. The van der Waals surface area contributed by atoms with Crippen LogP contribution >= 0.6 is 0 Å². The van der Waals surface area contributed by atoms with Crippen molar-refractivity contribution in [1.29, 1.82) is 0 Å². The van der Waals surface area contributed by atoms with Gasteiger partial charge >= 0.3 is 0 Å². The van der Waals surface area contributed by atoms with E-state index < -0.39 is 10.8 Å². The number of allylic oxidation sites excluding steroid dienone is 8. The molecule has 70 heavy (non-hydrogen) atoms. The van der Waals surface area contributed by atoms with Crippen LogP contribution in [0.25, 0.3) is 22.3 Å². The fraction of sp³-hybridized carbons (Fsp3) is 0.0882. The van der Waals surface area contributed by atoms with E-state index in [-0.39, 0.29) is 0 Å². The van der Waals surface area contributed by atoms with Gasteiger partial charge in [0.1, 0.15) is 0 Å². The minimum absolute atomic E-state index is 0.563. The van der Waals surface area contributed by atoms with Crippen LogP contribution in [-0.4, -0.2) is 0 Å². The van der Waals surface area contributed by atoms with Gasteiger partial charge in [-0.3, -0.25) is 0 Å². The molecule has 0 aromatic heterocycles. The quantitative estimate of drug-likeness (QED) is 0.135. The Morgan fingerprint density at radius 2 is 0.729 bits per heavy atom. The second-order valence-corrected chi connectivity index (χ2v) is 18.9. The number of nitrogens with zero attached hydrogens (tertiary/aromatic N) is 2. The summed E-state index contributed by atoms with van der Waals surface area (Å²) >= 11 is 0. The average Bonchev–Trinajstić information content (AvgIpc) is 3.92. The Morgan fingerprint density at radius 1 is 0.314 bits per heavy atom. The number of para-hydroxylation sites is 2. The molecule has 2 nitrogen and oxygen atoms in total. The Morgan fingerprint density at radius 3 is 1.21 bits per heavy atom. The molecule has 2 heteroatoms. The highest BCUT2D eigenvalue weighted by Gasteiger charge is 2.51. The SMILES string of the molecule is C1=CCCC(N(C2=CC=CCC2)c2cc(N(c3ccccc3)c3ccccc3)cc3c2-c2ccccc2C3(c2ccccc2)c2cccc(C3(c4ccccc4)c4ccccc4-c4ccccc43)c2)=C1. The van der Waals surface area contributed by atoms with Crippen LogP contribution in [0.1, 0.15) is 70.2 Å². The summed E-state index contributed by atoms with van der Waals surface area (Å²) in [5, 5.41) is 0. The van der Waals surface area contributed by atoms with Gasteiger partial charge in [-0.1, -0.05) is 218 Å². The standard InChI is InChI=1S/C68H52N2/c1-7-26-49(27-8-1)67(61-43-22-19-40-58(61)59-41-20-23-44-62(59)67)51-30-25-31-52(46-51)68(50-28-9-2-10-29-50)63-45-24-21-42-60(63)66-64(68)47-57(69(53-32-11-3-12-33-53)54-34-13-4-14-35-54)48-65(66)70(55-36-15-5-16-37-55)56-38-17-6-18-39-56/h1-15,17,19-36,38,40-48H,16,18,37,39H2. The van der Waals surface area contributed by atoms with Crippen LogP contribution in [0.5, 0.6) is 0 Å². The number of rotatable bonds is 10. The summed E-state index contributed by atoms with van der Waals surface area (Å²) in [7, 11) is 0. The van der Waals surface area contributed by atoms with Crippen molar-refractivity contribution in [3.8, 4) is 22.3 Å². The molecule has 4 aliphatic rings. The second kappa shape index (κ2) is 17.3. The highest BCUT2D eigenvalue weighted by molar-refractivity contribution is 5.98. The minimum atomic E-state index is -0.726. The number of hydrogen-bond donors (Lipinski definition) is 0. The van der Waals surface area contributed by atoms with E-state index in [0.29, 0.717) is 0 Å². The lowest BCUT2D eigenvalue weighted by Crippen LogP contribution is -2.32. The van der Waals surface area contributed by atoms with E-state index in [9.17, 15) is 0 Å². The highest BCUT2D eigenvalue weighted by Crippen LogP contribution is 2.62. The molecule has 334 valence electrons. The maximum Gasteiger partial charge on any atom is 0.0715 e. The van der Waals surface area contributed by atoms with Gasteiger partial charge in [-0.05, 0) is 135 Å². The maximum atomic E-state index is 2.63. The average molecular weight is 897 g/mol. The molecule has 1 atom stereocenters. The second-order valence-electron chi connectivity index (χ2n) is 18.9. The zero-order valence-corrected chi connectivity index (χ0v) is 39.1. The summed E-state index contributed by atoms with van der Waals surface area (Å²) < 4.78 is 0. The van der Waals surface area contributed by atoms with Crippen LogP contribution in [0.3, 0.4) is 0 Å². The molecule has 13 rings (SSSR count). The van der Waals surface area contributed by atoms with E-state index in [4.69, 9.17) is 0 Å². The Bertz CT molecular complexity index is 3430. The van der Waals surface area contributed by atoms with Crippen molar-refractivity contribution in [2.45, 2.75) is 36.5 Å². The third kappa shape index (κ3) is 6.40. The van der Waals surface area contributed by atoms with Gasteiger partial charge in [0.25, 0.3) is 0 Å². The molecule has 0 heterocycles. The number of fused-ring (bicyclic) bond motifs is 6. The molecule has 9 aromatic rings. The first kappa shape index (κ1) is 41.7. The van der Waals surface area contributed by atoms with Gasteiger partial charge in [-0.2, -0.15) is 0 Å². The number of anilines is 4. The number of benzene rings is 9. The molecule has 0 aliphatic heterocycles. The number of hydrogen-bond acceptors (Lipinski definition) is 2. The van der Waals surface area contributed by atoms with Crippen molar-refractivity contribution in [2.24, 2.45) is 0 Å². The monoisotopic (exact) mass is 896 g/mol. The van der Waals surface area contributed by atoms with Crippen molar-refractivity contribution in [3.63, 3.8) is 0 Å². The Hall–Kier alpha value is -8.46. The third-order valence-electron chi connectivity index (χ3n) is 15.3. The Balaban J connectivity index is 1.17. The fourth-order valence-corrected chi connectivity index (χ4v) is 12.5. The van der Waals surface area contributed by atoms with Crippen LogP contribution in [0.4, 0.5) is 22.7 Å². The fourth-order valence-electron chi connectivity index (χ4n) is 12.5. The lowest BCUT2D eigenvalue weighted by atomic mass is 9.64. The van der Waals surface area contributed by atoms with E-state index in [0.717, 1.165) is 42.7 Å². The summed E-state index contributed by atoms with van der Waals surface area (Å²) in [6.45, 7) is 0. The van der Waals surface area contributed by atoms with Crippen LogP contribution in [-0.2, 0) is 10.8 Å². The van der Waals surface area contributed by atoms with Crippen molar-refractivity contribution in [2.75, 3.05) is 9.80 Å². The van der Waals surface area contributed by atoms with Crippen molar-refractivity contribution < 1.29 is 0 Å². The lowest BCUT2D eigenvalue weighted by molar-refractivity contribution is 0.739. The van der Waals surface area contributed by atoms with Crippen LogP contribution in [0.15, 0.2) is 278 Å². The van der Waals surface area contributed by atoms with Gasteiger partial charge < -0.3 is 9.80 Å². The first-order chi connectivity index (χ1) is 34.8. The molecular weight excluding hydrogens is 845 g/mol. The summed E-state index contributed by atoms with van der Waals surface area (Å²) in [4.78, 5) is 5.09.